The molecule has 0 amide bonds. The highest BCUT2D eigenvalue weighted by molar-refractivity contribution is 5.80. The van der Waals surface area contributed by atoms with Crippen LogP contribution in [0, 0.1) is 22.7 Å². The molecule has 0 aromatic rings. The molecule has 0 spiro atoms. The van der Waals surface area contributed by atoms with E-state index in [0.29, 0.717) is 13.0 Å². The molecule has 2 unspecified atom stereocenters. The van der Waals surface area contributed by atoms with Gasteiger partial charge in [-0.2, -0.15) is 5.26 Å². The van der Waals surface area contributed by atoms with Crippen molar-refractivity contribution in [2.75, 3.05) is 6.61 Å². The van der Waals surface area contributed by atoms with Crippen molar-refractivity contribution in [2.24, 2.45) is 11.3 Å². The molecule has 1 aliphatic rings. The number of nitriles is 1. The van der Waals surface area contributed by atoms with E-state index < -0.39 is 5.41 Å². The van der Waals surface area contributed by atoms with Gasteiger partial charge in [-0.1, -0.05) is 19.8 Å². The minimum atomic E-state index is -0.867. The predicted octanol–water partition coefficient (Wildman–Crippen LogP) is 2.27. The van der Waals surface area contributed by atoms with E-state index in [0.717, 1.165) is 19.3 Å². The molecule has 1 aliphatic carbocycles. The Morgan fingerprint density at radius 1 is 1.64 bits per heavy atom. The number of carbonyl (C=O) groups is 1. The minimum Gasteiger partial charge on any atom is -0.465 e. The standard InChI is InChI=1S/C11H17NO2/c1-3-14-10(13)11(8-12)7-5-4-6-9(11)2/h9H,3-7H2,1-2H3. The Hall–Kier alpha value is -1.04. The van der Waals surface area contributed by atoms with E-state index in [2.05, 4.69) is 6.07 Å². The summed E-state index contributed by atoms with van der Waals surface area (Å²) in [5, 5.41) is 9.16. The highest BCUT2D eigenvalue weighted by atomic mass is 16.5. The quantitative estimate of drug-likeness (QED) is 0.635. The van der Waals surface area contributed by atoms with Crippen LogP contribution < -0.4 is 0 Å². The van der Waals surface area contributed by atoms with Gasteiger partial charge in [0.2, 0.25) is 0 Å². The number of nitrogens with zero attached hydrogens (tertiary/aromatic N) is 1. The van der Waals surface area contributed by atoms with Crippen LogP contribution in [0.2, 0.25) is 0 Å². The molecule has 0 radical (unpaired) electrons. The first-order valence-electron chi connectivity index (χ1n) is 5.26. The lowest BCUT2D eigenvalue weighted by molar-refractivity contribution is -0.156. The summed E-state index contributed by atoms with van der Waals surface area (Å²) in [7, 11) is 0. The molecule has 0 aromatic carbocycles. The van der Waals surface area contributed by atoms with Gasteiger partial charge in [0.1, 0.15) is 0 Å². The lowest BCUT2D eigenvalue weighted by Crippen LogP contribution is -2.40. The van der Waals surface area contributed by atoms with Crippen LogP contribution in [0.3, 0.4) is 0 Å². The fourth-order valence-electron chi connectivity index (χ4n) is 2.12. The van der Waals surface area contributed by atoms with Gasteiger partial charge in [0.25, 0.3) is 0 Å². The zero-order chi connectivity index (χ0) is 10.6. The number of hydrogen-bond acceptors (Lipinski definition) is 3. The Balaban J connectivity index is 2.84. The second kappa shape index (κ2) is 4.45. The zero-order valence-corrected chi connectivity index (χ0v) is 8.88. The molecule has 2 atom stereocenters. The second-order valence-corrected chi connectivity index (χ2v) is 3.95. The van der Waals surface area contributed by atoms with Crippen LogP contribution in [0.4, 0.5) is 0 Å². The number of rotatable bonds is 2. The Morgan fingerprint density at radius 3 is 2.86 bits per heavy atom. The highest BCUT2D eigenvalue weighted by Gasteiger charge is 2.46. The molecular formula is C11H17NO2. The van der Waals surface area contributed by atoms with Crippen LogP contribution in [0.15, 0.2) is 0 Å². The molecule has 0 aromatic heterocycles. The summed E-state index contributed by atoms with van der Waals surface area (Å²) in [6.45, 7) is 4.10. The molecule has 14 heavy (non-hydrogen) atoms. The average molecular weight is 195 g/mol. The first kappa shape index (κ1) is 11.0. The molecule has 1 fully saturated rings. The lowest BCUT2D eigenvalue weighted by atomic mass is 9.68. The SMILES string of the molecule is CCOC(=O)C1(C#N)CCCCC1C. The summed E-state index contributed by atoms with van der Waals surface area (Å²) in [4.78, 5) is 11.7. The Kier molecular flexibility index (Phi) is 3.51. The van der Waals surface area contributed by atoms with E-state index in [1.54, 1.807) is 6.92 Å². The van der Waals surface area contributed by atoms with Gasteiger partial charge >= 0.3 is 5.97 Å². The first-order valence-corrected chi connectivity index (χ1v) is 5.26. The molecule has 3 nitrogen and oxygen atoms in total. The summed E-state index contributed by atoms with van der Waals surface area (Å²) < 4.78 is 4.98. The number of hydrogen-bond donors (Lipinski definition) is 0. The van der Waals surface area contributed by atoms with Crippen LogP contribution >= 0.6 is 0 Å². The van der Waals surface area contributed by atoms with E-state index in [1.165, 1.54) is 0 Å². The van der Waals surface area contributed by atoms with Gasteiger partial charge in [-0.3, -0.25) is 4.79 Å². The largest absolute Gasteiger partial charge is 0.465 e. The summed E-state index contributed by atoms with van der Waals surface area (Å²) in [5.74, 6) is -0.199. The molecule has 0 bridgehead atoms. The number of ether oxygens (including phenoxy) is 1. The van der Waals surface area contributed by atoms with Crippen LogP contribution in [0.1, 0.15) is 39.5 Å². The van der Waals surface area contributed by atoms with Gasteiger partial charge in [0.15, 0.2) is 5.41 Å². The second-order valence-electron chi connectivity index (χ2n) is 3.95. The van der Waals surface area contributed by atoms with Crippen LogP contribution in [0.5, 0.6) is 0 Å². The molecule has 1 saturated carbocycles. The third-order valence-electron chi connectivity index (χ3n) is 3.14. The van der Waals surface area contributed by atoms with Gasteiger partial charge in [-0.05, 0) is 25.7 Å². The van der Waals surface area contributed by atoms with Crippen molar-refractivity contribution < 1.29 is 9.53 Å². The molecule has 0 N–H and O–H groups in total. The van der Waals surface area contributed by atoms with Crippen molar-refractivity contribution in [1.82, 2.24) is 0 Å². The smallest absolute Gasteiger partial charge is 0.326 e. The van der Waals surface area contributed by atoms with Gasteiger partial charge in [0.05, 0.1) is 12.7 Å². The highest BCUT2D eigenvalue weighted by Crippen LogP contribution is 2.41. The van der Waals surface area contributed by atoms with E-state index >= 15 is 0 Å². The molecular weight excluding hydrogens is 178 g/mol. The summed E-state index contributed by atoms with van der Waals surface area (Å²) in [6, 6.07) is 2.18. The maximum atomic E-state index is 11.7. The van der Waals surface area contributed by atoms with Crippen molar-refractivity contribution in [3.63, 3.8) is 0 Å². The molecule has 1 rings (SSSR count). The number of carbonyl (C=O) groups excluding carboxylic acids is 1. The van der Waals surface area contributed by atoms with Crippen molar-refractivity contribution in [3.05, 3.63) is 0 Å². The van der Waals surface area contributed by atoms with Crippen LogP contribution in [0.25, 0.3) is 0 Å². The fourth-order valence-corrected chi connectivity index (χ4v) is 2.12. The average Bonchev–Trinajstić information content (AvgIpc) is 2.19. The molecule has 0 aliphatic heterocycles. The molecule has 78 valence electrons. The van der Waals surface area contributed by atoms with E-state index in [9.17, 15) is 4.79 Å². The third kappa shape index (κ3) is 1.75. The fraction of sp³-hybridized carbons (Fsp3) is 0.818. The van der Waals surface area contributed by atoms with Gasteiger partial charge in [-0.15, -0.1) is 0 Å². The van der Waals surface area contributed by atoms with Crippen LogP contribution in [-0.4, -0.2) is 12.6 Å². The third-order valence-corrected chi connectivity index (χ3v) is 3.14. The van der Waals surface area contributed by atoms with E-state index in [-0.39, 0.29) is 11.9 Å². The molecule has 3 heteroatoms. The lowest BCUT2D eigenvalue weighted by Gasteiger charge is -2.34. The summed E-state index contributed by atoms with van der Waals surface area (Å²) in [6.07, 6.45) is 3.68. The molecule has 0 heterocycles. The first-order chi connectivity index (χ1) is 6.67. The van der Waals surface area contributed by atoms with Gasteiger partial charge < -0.3 is 4.74 Å². The van der Waals surface area contributed by atoms with Crippen molar-refractivity contribution >= 4 is 5.97 Å². The maximum absolute atomic E-state index is 11.7. The van der Waals surface area contributed by atoms with E-state index in [4.69, 9.17) is 10.00 Å². The van der Waals surface area contributed by atoms with E-state index in [1.807, 2.05) is 6.92 Å². The van der Waals surface area contributed by atoms with Gasteiger partial charge in [0, 0.05) is 0 Å². The Morgan fingerprint density at radius 2 is 2.36 bits per heavy atom. The monoisotopic (exact) mass is 195 g/mol. The Bertz CT molecular complexity index is 257. The summed E-state index contributed by atoms with van der Waals surface area (Å²) >= 11 is 0. The number of esters is 1. The van der Waals surface area contributed by atoms with Crippen LogP contribution in [-0.2, 0) is 9.53 Å². The zero-order valence-electron chi connectivity index (χ0n) is 8.88. The maximum Gasteiger partial charge on any atom is 0.326 e. The minimum absolute atomic E-state index is 0.125. The van der Waals surface area contributed by atoms with Crippen molar-refractivity contribution in [3.8, 4) is 6.07 Å². The van der Waals surface area contributed by atoms with Crippen molar-refractivity contribution in [2.45, 2.75) is 39.5 Å². The topological polar surface area (TPSA) is 50.1 Å². The van der Waals surface area contributed by atoms with Gasteiger partial charge in [-0.25, -0.2) is 0 Å². The normalized spacial score (nSPS) is 31.9. The predicted molar refractivity (Wildman–Crippen MR) is 52.3 cm³/mol. The Labute approximate surface area is 85.1 Å². The van der Waals surface area contributed by atoms with Crippen molar-refractivity contribution in [1.29, 1.82) is 5.26 Å². The summed E-state index contributed by atoms with van der Waals surface area (Å²) in [5.41, 5.74) is -0.867. The molecule has 0 saturated heterocycles.